The van der Waals surface area contributed by atoms with Crippen LogP contribution < -0.4 is 20.5 Å². The number of ether oxygens (including phenoxy) is 2. The van der Waals surface area contributed by atoms with Gasteiger partial charge in [0.1, 0.15) is 16.8 Å². The van der Waals surface area contributed by atoms with Gasteiger partial charge in [-0.25, -0.2) is 4.79 Å². The van der Waals surface area contributed by atoms with Crippen LogP contribution in [0.3, 0.4) is 0 Å². The Bertz CT molecular complexity index is 1120. The van der Waals surface area contributed by atoms with Crippen molar-refractivity contribution in [2.45, 2.75) is 26.3 Å². The fourth-order valence-corrected chi connectivity index (χ4v) is 3.38. The van der Waals surface area contributed by atoms with E-state index in [4.69, 9.17) is 15.2 Å². The van der Waals surface area contributed by atoms with Gasteiger partial charge in [-0.2, -0.15) is 20.3 Å². The van der Waals surface area contributed by atoms with Gasteiger partial charge in [0.25, 0.3) is 0 Å². The average molecular weight is 474 g/mol. The van der Waals surface area contributed by atoms with Crippen LogP contribution in [0, 0.1) is 11.3 Å². The molecule has 0 aliphatic heterocycles. The number of carbonyl (C=O) groups excluding carboxylic acids is 1. The van der Waals surface area contributed by atoms with Gasteiger partial charge in [-0.15, -0.1) is 0 Å². The summed E-state index contributed by atoms with van der Waals surface area (Å²) in [5.74, 6) is 1.09. The number of rotatable bonds is 8. The van der Waals surface area contributed by atoms with Crippen LogP contribution in [0.25, 0.3) is 11.0 Å². The Morgan fingerprint density at radius 2 is 2.20 bits per heavy atom. The number of primary amides is 1. The first-order chi connectivity index (χ1) is 14.5. The van der Waals surface area contributed by atoms with Gasteiger partial charge in [-0.1, -0.05) is 13.3 Å². The SMILES string of the molecule is CCCCNc1nc(OC(N)=O)nc2c(Br)nn(Cc3cc(C#N)ccc3OC)c12. The minimum atomic E-state index is -1.00. The molecule has 3 rings (SSSR count). The van der Waals surface area contributed by atoms with Crippen molar-refractivity contribution in [3.63, 3.8) is 0 Å². The van der Waals surface area contributed by atoms with Crippen molar-refractivity contribution >= 4 is 38.9 Å². The number of anilines is 1. The number of nitriles is 1. The summed E-state index contributed by atoms with van der Waals surface area (Å²) in [6.07, 6.45) is 0.910. The Morgan fingerprint density at radius 1 is 1.40 bits per heavy atom. The highest BCUT2D eigenvalue weighted by Gasteiger charge is 2.20. The topological polar surface area (TPSA) is 141 Å². The van der Waals surface area contributed by atoms with Crippen LogP contribution in [0.4, 0.5) is 10.6 Å². The van der Waals surface area contributed by atoms with E-state index in [9.17, 15) is 10.1 Å². The molecule has 2 aromatic heterocycles. The minimum Gasteiger partial charge on any atom is -0.496 e. The first-order valence-electron chi connectivity index (χ1n) is 9.19. The molecule has 0 saturated carbocycles. The van der Waals surface area contributed by atoms with Crippen LogP contribution in [0.15, 0.2) is 22.8 Å². The van der Waals surface area contributed by atoms with Crippen LogP contribution in [0.5, 0.6) is 11.8 Å². The maximum atomic E-state index is 11.2. The quantitative estimate of drug-likeness (QED) is 0.475. The molecule has 1 aromatic carbocycles. The summed E-state index contributed by atoms with van der Waals surface area (Å²) in [6.45, 7) is 3.05. The van der Waals surface area contributed by atoms with Crippen molar-refractivity contribution in [2.75, 3.05) is 19.0 Å². The molecule has 156 valence electrons. The summed E-state index contributed by atoms with van der Waals surface area (Å²) in [5.41, 5.74) is 7.45. The van der Waals surface area contributed by atoms with Crippen LogP contribution in [-0.2, 0) is 6.54 Å². The third-order valence-electron chi connectivity index (χ3n) is 4.27. The van der Waals surface area contributed by atoms with Crippen LogP contribution >= 0.6 is 15.9 Å². The molecule has 0 radical (unpaired) electrons. The first kappa shape index (κ1) is 21.3. The molecular formula is C19H20BrN7O3. The molecule has 0 saturated heterocycles. The van der Waals surface area contributed by atoms with Gasteiger partial charge < -0.3 is 20.5 Å². The van der Waals surface area contributed by atoms with Crippen molar-refractivity contribution in [1.29, 1.82) is 5.26 Å². The van der Waals surface area contributed by atoms with Gasteiger partial charge >= 0.3 is 12.1 Å². The summed E-state index contributed by atoms with van der Waals surface area (Å²) < 4.78 is 12.5. The van der Waals surface area contributed by atoms with Crippen LogP contribution in [0.2, 0.25) is 0 Å². The summed E-state index contributed by atoms with van der Waals surface area (Å²) in [4.78, 5) is 19.7. The monoisotopic (exact) mass is 473 g/mol. The Morgan fingerprint density at radius 3 is 2.87 bits per heavy atom. The molecule has 1 amide bonds. The number of hydrogen-bond donors (Lipinski definition) is 2. The summed E-state index contributed by atoms with van der Waals surface area (Å²) >= 11 is 3.41. The molecule has 10 nitrogen and oxygen atoms in total. The molecule has 3 aromatic rings. The smallest absolute Gasteiger partial charge is 0.412 e. The van der Waals surface area contributed by atoms with E-state index >= 15 is 0 Å². The number of amides is 1. The standard InChI is InChI=1S/C19H20BrN7O3/c1-3-4-7-23-17-15-14(24-19(25-17)30-18(22)28)16(20)26-27(15)10-12-8-11(9-21)5-6-13(12)29-2/h5-6,8H,3-4,7,10H2,1-2H3,(H2,22,28)(H,23,24,25). The second-order valence-electron chi connectivity index (χ2n) is 6.34. The highest BCUT2D eigenvalue weighted by atomic mass is 79.9. The highest BCUT2D eigenvalue weighted by molar-refractivity contribution is 9.10. The third kappa shape index (κ3) is 4.60. The molecule has 0 unspecified atom stereocenters. The van der Waals surface area contributed by atoms with Gasteiger partial charge in [-0.05, 0) is 40.5 Å². The van der Waals surface area contributed by atoms with E-state index in [0.29, 0.717) is 45.9 Å². The van der Waals surface area contributed by atoms with Crippen molar-refractivity contribution in [2.24, 2.45) is 5.73 Å². The minimum absolute atomic E-state index is 0.168. The number of aromatic nitrogens is 4. The van der Waals surface area contributed by atoms with E-state index in [1.54, 1.807) is 30.0 Å². The Hall–Kier alpha value is -3.39. The lowest BCUT2D eigenvalue weighted by atomic mass is 10.1. The van der Waals surface area contributed by atoms with Gasteiger partial charge in [-0.3, -0.25) is 4.68 Å². The number of nitrogens with zero attached hydrogens (tertiary/aromatic N) is 5. The predicted octanol–water partition coefficient (Wildman–Crippen LogP) is 3.19. The molecule has 0 aliphatic rings. The number of halogens is 1. The molecule has 0 fully saturated rings. The van der Waals surface area contributed by atoms with E-state index in [2.05, 4.69) is 49.3 Å². The normalized spacial score (nSPS) is 10.6. The number of carbonyl (C=O) groups is 1. The molecule has 2 heterocycles. The summed E-state index contributed by atoms with van der Waals surface area (Å²) in [6, 6.07) is 7.13. The number of methoxy groups -OCH3 is 1. The zero-order chi connectivity index (χ0) is 21.7. The fraction of sp³-hybridized carbons (Fsp3) is 0.316. The average Bonchev–Trinajstić information content (AvgIpc) is 3.03. The van der Waals surface area contributed by atoms with Crippen molar-refractivity contribution in [3.05, 3.63) is 33.9 Å². The lowest BCUT2D eigenvalue weighted by Crippen LogP contribution is -2.18. The molecule has 0 bridgehead atoms. The highest BCUT2D eigenvalue weighted by Crippen LogP contribution is 2.31. The molecule has 0 atom stereocenters. The second kappa shape index (κ2) is 9.41. The molecular weight excluding hydrogens is 454 g/mol. The lowest BCUT2D eigenvalue weighted by Gasteiger charge is -2.12. The molecule has 11 heteroatoms. The summed E-state index contributed by atoms with van der Waals surface area (Å²) in [5, 5.41) is 17.0. The second-order valence-corrected chi connectivity index (χ2v) is 7.09. The van der Waals surface area contributed by atoms with E-state index in [0.717, 1.165) is 18.4 Å². The molecule has 3 N–H and O–H groups in total. The number of unbranched alkanes of at least 4 members (excludes halogenated alkanes) is 1. The number of fused-ring (bicyclic) bond motifs is 1. The van der Waals surface area contributed by atoms with Crippen molar-refractivity contribution in [3.8, 4) is 17.8 Å². The van der Waals surface area contributed by atoms with E-state index in [1.807, 2.05) is 0 Å². The maximum Gasteiger partial charge on any atom is 0.412 e. The van der Waals surface area contributed by atoms with E-state index in [1.165, 1.54) is 0 Å². The largest absolute Gasteiger partial charge is 0.496 e. The number of nitrogens with two attached hydrogens (primary N) is 1. The molecule has 30 heavy (non-hydrogen) atoms. The molecule has 0 aliphatic carbocycles. The molecule has 0 spiro atoms. The Kier molecular flexibility index (Phi) is 6.68. The zero-order valence-corrected chi connectivity index (χ0v) is 18.1. The number of nitrogens with one attached hydrogen (secondary N) is 1. The van der Waals surface area contributed by atoms with E-state index in [-0.39, 0.29) is 6.01 Å². The zero-order valence-electron chi connectivity index (χ0n) is 16.5. The summed E-state index contributed by atoms with van der Waals surface area (Å²) in [7, 11) is 1.57. The van der Waals surface area contributed by atoms with Crippen LogP contribution in [0.1, 0.15) is 30.9 Å². The lowest BCUT2D eigenvalue weighted by molar-refractivity contribution is 0.207. The first-order valence-corrected chi connectivity index (χ1v) is 9.98. The fourth-order valence-electron chi connectivity index (χ4n) is 2.92. The number of benzene rings is 1. The van der Waals surface area contributed by atoms with Gasteiger partial charge in [0, 0.05) is 12.1 Å². The van der Waals surface area contributed by atoms with Crippen molar-refractivity contribution < 1.29 is 14.3 Å². The van der Waals surface area contributed by atoms with Crippen molar-refractivity contribution in [1.82, 2.24) is 19.7 Å². The van der Waals surface area contributed by atoms with Crippen LogP contribution in [-0.4, -0.2) is 39.5 Å². The van der Waals surface area contributed by atoms with Gasteiger partial charge in [0.2, 0.25) is 0 Å². The predicted molar refractivity (Wildman–Crippen MR) is 113 cm³/mol. The maximum absolute atomic E-state index is 11.2. The van der Waals surface area contributed by atoms with Gasteiger partial charge in [0.15, 0.2) is 10.4 Å². The Balaban J connectivity index is 2.11. The Labute approximate surface area is 181 Å². The number of hydrogen-bond acceptors (Lipinski definition) is 8. The van der Waals surface area contributed by atoms with Gasteiger partial charge in [0.05, 0.1) is 25.3 Å². The van der Waals surface area contributed by atoms with E-state index < -0.39 is 6.09 Å². The third-order valence-corrected chi connectivity index (χ3v) is 4.80.